The maximum atomic E-state index is 4.53. The van der Waals surface area contributed by atoms with Crippen molar-refractivity contribution in [2.75, 3.05) is 5.75 Å². The van der Waals surface area contributed by atoms with Crippen molar-refractivity contribution in [3.05, 3.63) is 17.0 Å². The third kappa shape index (κ3) is 3.16. The Labute approximate surface area is 121 Å². The van der Waals surface area contributed by atoms with E-state index in [0.717, 1.165) is 10.9 Å². The summed E-state index contributed by atoms with van der Waals surface area (Å²) in [5.41, 5.74) is 3.84. The molecule has 0 amide bonds. The predicted molar refractivity (Wildman–Crippen MR) is 83.8 cm³/mol. The van der Waals surface area contributed by atoms with Crippen LogP contribution in [0.5, 0.6) is 0 Å². The average Bonchev–Trinajstić information content (AvgIpc) is 2.86. The number of nitrogens with one attached hydrogen (secondary N) is 1. The molecule has 19 heavy (non-hydrogen) atoms. The molecule has 3 nitrogen and oxygen atoms in total. The highest BCUT2D eigenvalue weighted by atomic mass is 32.2. The molecular weight excluding hydrogens is 254 g/mol. The van der Waals surface area contributed by atoms with E-state index in [1.807, 2.05) is 11.7 Å². The van der Waals surface area contributed by atoms with Crippen LogP contribution in [0.1, 0.15) is 56.1 Å². The molecule has 2 rings (SSSR count). The van der Waals surface area contributed by atoms with Crippen LogP contribution in [0.25, 0.3) is 0 Å². The highest BCUT2D eigenvalue weighted by Gasteiger charge is 2.29. The normalized spacial score (nSPS) is 24.9. The Balaban J connectivity index is 2.06. The topological polar surface area (TPSA) is 29.9 Å². The van der Waals surface area contributed by atoms with Crippen molar-refractivity contribution in [2.45, 2.75) is 64.3 Å². The molecule has 1 aliphatic carbocycles. The van der Waals surface area contributed by atoms with Crippen molar-refractivity contribution in [1.82, 2.24) is 15.1 Å². The number of aromatic nitrogens is 2. The molecule has 0 saturated heterocycles. The van der Waals surface area contributed by atoms with Gasteiger partial charge in [0.05, 0.1) is 5.69 Å². The van der Waals surface area contributed by atoms with Crippen molar-refractivity contribution in [3.63, 3.8) is 0 Å². The zero-order valence-electron chi connectivity index (χ0n) is 12.9. The Hall–Kier alpha value is -0.480. The second kappa shape index (κ2) is 6.31. The summed E-state index contributed by atoms with van der Waals surface area (Å²) >= 11 is 2.11. The molecule has 1 heterocycles. The molecule has 0 bridgehead atoms. The second-order valence-electron chi connectivity index (χ2n) is 5.63. The number of hydrogen-bond donors (Lipinski definition) is 1. The van der Waals surface area contributed by atoms with Crippen LogP contribution >= 0.6 is 11.8 Å². The van der Waals surface area contributed by atoms with Crippen LogP contribution in [0.2, 0.25) is 0 Å². The van der Waals surface area contributed by atoms with Crippen molar-refractivity contribution in [1.29, 1.82) is 0 Å². The Morgan fingerprint density at radius 3 is 2.74 bits per heavy atom. The quantitative estimate of drug-likeness (QED) is 0.897. The number of rotatable bonds is 5. The maximum absolute atomic E-state index is 4.53. The van der Waals surface area contributed by atoms with E-state index in [4.69, 9.17) is 0 Å². The number of aryl methyl sites for hydroxylation is 2. The van der Waals surface area contributed by atoms with Crippen molar-refractivity contribution in [2.24, 2.45) is 7.05 Å². The van der Waals surface area contributed by atoms with Crippen LogP contribution in [-0.4, -0.2) is 26.8 Å². The molecule has 108 valence electrons. The fraction of sp³-hybridized carbons (Fsp3) is 0.800. The van der Waals surface area contributed by atoms with E-state index in [2.05, 4.69) is 49.9 Å². The molecule has 3 unspecified atom stereocenters. The molecule has 1 saturated carbocycles. The largest absolute Gasteiger partial charge is 0.306 e. The van der Waals surface area contributed by atoms with Crippen LogP contribution < -0.4 is 5.32 Å². The minimum absolute atomic E-state index is 0.400. The van der Waals surface area contributed by atoms with Crippen molar-refractivity contribution in [3.8, 4) is 0 Å². The third-order valence-electron chi connectivity index (χ3n) is 4.30. The Morgan fingerprint density at radius 2 is 2.16 bits per heavy atom. The van der Waals surface area contributed by atoms with E-state index < -0.39 is 0 Å². The van der Waals surface area contributed by atoms with Gasteiger partial charge in [-0.2, -0.15) is 16.9 Å². The predicted octanol–water partition coefficient (Wildman–Crippen LogP) is 3.36. The van der Waals surface area contributed by atoms with E-state index in [0.29, 0.717) is 12.1 Å². The highest BCUT2D eigenvalue weighted by molar-refractivity contribution is 7.99. The van der Waals surface area contributed by atoms with E-state index in [1.54, 1.807) is 0 Å². The lowest BCUT2D eigenvalue weighted by molar-refractivity contribution is 0.464. The lowest BCUT2D eigenvalue weighted by atomic mass is 10.0. The Morgan fingerprint density at radius 1 is 1.42 bits per heavy atom. The molecule has 1 aromatic heterocycles. The van der Waals surface area contributed by atoms with Gasteiger partial charge in [0.15, 0.2) is 0 Å². The first-order valence-corrected chi connectivity index (χ1v) is 8.47. The van der Waals surface area contributed by atoms with Gasteiger partial charge < -0.3 is 5.32 Å². The first-order valence-electron chi connectivity index (χ1n) is 7.42. The maximum Gasteiger partial charge on any atom is 0.0644 e. The van der Waals surface area contributed by atoms with Crippen LogP contribution in [0.15, 0.2) is 0 Å². The van der Waals surface area contributed by atoms with Gasteiger partial charge in [-0.15, -0.1) is 0 Å². The number of hydrogen-bond acceptors (Lipinski definition) is 3. The van der Waals surface area contributed by atoms with Crippen LogP contribution in [0.3, 0.4) is 0 Å². The van der Waals surface area contributed by atoms with E-state index in [-0.39, 0.29) is 0 Å². The summed E-state index contributed by atoms with van der Waals surface area (Å²) in [7, 11) is 2.03. The van der Waals surface area contributed by atoms with E-state index in [9.17, 15) is 0 Å². The Kier molecular flexibility index (Phi) is 4.96. The monoisotopic (exact) mass is 281 g/mol. The molecule has 1 fully saturated rings. The van der Waals surface area contributed by atoms with Crippen molar-refractivity contribution >= 4 is 11.8 Å². The molecule has 1 aliphatic rings. The van der Waals surface area contributed by atoms with Gasteiger partial charge in [0, 0.05) is 35.6 Å². The zero-order chi connectivity index (χ0) is 14.0. The summed E-state index contributed by atoms with van der Waals surface area (Å²) < 4.78 is 2.00. The molecule has 0 aromatic carbocycles. The summed E-state index contributed by atoms with van der Waals surface area (Å²) in [4.78, 5) is 0. The summed E-state index contributed by atoms with van der Waals surface area (Å²) in [6.45, 7) is 8.83. The number of nitrogens with zero attached hydrogens (tertiary/aromatic N) is 2. The molecule has 0 spiro atoms. The van der Waals surface area contributed by atoms with E-state index in [1.165, 1.54) is 36.3 Å². The molecular formula is C15H27N3S. The minimum atomic E-state index is 0.400. The van der Waals surface area contributed by atoms with Gasteiger partial charge in [0.1, 0.15) is 0 Å². The molecule has 4 heteroatoms. The SMILES string of the molecule is CCSC1CCCC1NC(C)c1c(C)nn(C)c1C. The summed E-state index contributed by atoms with van der Waals surface area (Å²) in [5.74, 6) is 1.22. The molecule has 1 N–H and O–H groups in total. The second-order valence-corrected chi connectivity index (χ2v) is 7.14. The van der Waals surface area contributed by atoms with Crippen molar-refractivity contribution < 1.29 is 0 Å². The summed E-state index contributed by atoms with van der Waals surface area (Å²) in [6.07, 6.45) is 4.06. The molecule has 0 aliphatic heterocycles. The van der Waals surface area contributed by atoms with Gasteiger partial charge in [-0.3, -0.25) is 4.68 Å². The summed E-state index contributed by atoms with van der Waals surface area (Å²) in [5, 5.41) is 9.18. The first-order chi connectivity index (χ1) is 9.04. The van der Waals surface area contributed by atoms with Gasteiger partial charge in [-0.25, -0.2) is 0 Å². The zero-order valence-corrected chi connectivity index (χ0v) is 13.7. The van der Waals surface area contributed by atoms with E-state index >= 15 is 0 Å². The lowest BCUT2D eigenvalue weighted by Gasteiger charge is -2.25. The van der Waals surface area contributed by atoms with Gasteiger partial charge in [-0.1, -0.05) is 13.3 Å². The van der Waals surface area contributed by atoms with Gasteiger partial charge in [-0.05, 0) is 39.4 Å². The number of thioether (sulfide) groups is 1. The molecule has 3 atom stereocenters. The van der Waals surface area contributed by atoms with Crippen LogP contribution in [-0.2, 0) is 7.05 Å². The standard InChI is InChI=1S/C15H27N3S/c1-6-19-14-9-7-8-13(14)16-10(2)15-11(3)17-18(5)12(15)4/h10,13-14,16H,6-9H2,1-5H3. The fourth-order valence-corrected chi connectivity index (χ4v) is 4.56. The molecule has 0 radical (unpaired) electrons. The van der Waals surface area contributed by atoms with Crippen LogP contribution in [0, 0.1) is 13.8 Å². The lowest BCUT2D eigenvalue weighted by Crippen LogP contribution is -2.36. The molecule has 1 aromatic rings. The smallest absolute Gasteiger partial charge is 0.0644 e. The average molecular weight is 281 g/mol. The van der Waals surface area contributed by atoms with Gasteiger partial charge in [0.2, 0.25) is 0 Å². The minimum Gasteiger partial charge on any atom is -0.306 e. The Bertz CT molecular complexity index is 427. The van der Waals surface area contributed by atoms with Gasteiger partial charge in [0.25, 0.3) is 0 Å². The highest BCUT2D eigenvalue weighted by Crippen LogP contribution is 2.32. The first kappa shape index (κ1) is 14.9. The summed E-state index contributed by atoms with van der Waals surface area (Å²) in [6, 6.07) is 1.07. The third-order valence-corrected chi connectivity index (χ3v) is 5.62. The fourth-order valence-electron chi connectivity index (χ4n) is 3.35. The van der Waals surface area contributed by atoms with Gasteiger partial charge >= 0.3 is 0 Å². The van der Waals surface area contributed by atoms with Crippen LogP contribution in [0.4, 0.5) is 0 Å².